The number of ether oxygens (including phenoxy) is 1. The van der Waals surface area contributed by atoms with Crippen molar-refractivity contribution in [3.8, 4) is 5.75 Å². The highest BCUT2D eigenvalue weighted by Crippen LogP contribution is 2.23. The number of unbranched alkanes of at least 4 members (excludes halogenated alkanes) is 1. The second kappa shape index (κ2) is 55.9. The molecular formula is C82H121N27O21S2. The van der Waals surface area contributed by atoms with Gasteiger partial charge in [0.2, 0.25) is 106 Å². The maximum absolute atomic E-state index is 15.5. The molecule has 0 saturated heterocycles. The number of fused-ring (bicyclic) bond motifs is 2. The Hall–Kier alpha value is -13.9. The zero-order chi connectivity index (χ0) is 97.8. The lowest BCUT2D eigenvalue weighted by molar-refractivity contribution is -0.143. The van der Waals surface area contributed by atoms with Gasteiger partial charge >= 0.3 is 0 Å². The number of thiol groups is 2. The van der Waals surface area contributed by atoms with E-state index in [9.17, 15) is 82.1 Å². The number of aromatic hydroxyl groups is 1. The third kappa shape index (κ3) is 37.7. The summed E-state index contributed by atoms with van der Waals surface area (Å²) >= 11 is 8.48. The largest absolute Gasteiger partial charge is 0.508 e. The van der Waals surface area contributed by atoms with Crippen LogP contribution in [0.15, 0.2) is 85.2 Å². The molecule has 5 rings (SSSR count). The number of hydrogen-bond acceptors (Lipinski definition) is 26. The standard InChI is InChI=1S/C82H121N27O21S2/c1-42(110)68(108-72(121)54(24-26-64(85)114)101-76(125)60(40-131)98-43(2)111)79(128)106-58(34-46-37-96-51-15-7-5-13-49(46)51)74(123)100-53(23-25-63(84)113)71(120)107-61(41-132)77(126)103-56(32-44-19-21-47(112)22-20-44)73(122)104-57(33-45-36-95-50-14-6-4-12-48(45)50)75(124)102-55(17-10-28-93-81(88)89)80(129)109(3)62(18-11-29-94-82(90)91)78(127)105-59(35-65(86)115)70(119)97-38-66(116)92-30-31-130-39-67(117)99-52(69(87)118)16-8-9-27-83/h4-7,12-15,19-22,36-37,42,52-62,68,95-96,110,112,131-132H,8-11,16-18,23-35,38-41,83H2,1-3H3,(H2,84,113)(H2,85,114)(H2,86,115)(H2,87,118)(H,92,116)(H,97,119)(H,98,111)(H,99,117)(H,100,123)(H,101,125)(H,102,124)(H,103,126)(H,104,122)(H,105,127)(H,106,128)(H,107,120)(H,108,121)(H4,88,89,93)(H4,90,91,94)/t42-,52-,53+,54+,55+,56+,57+,58+,59+,60+,61+,62+,68+/m1/s1. The summed E-state index contributed by atoms with van der Waals surface area (Å²) in [7, 11) is 1.18. The number of aliphatic hydroxyl groups is 1. The minimum Gasteiger partial charge on any atom is -0.508 e. The fraction of sp³-hybridized carbons (Fsp3) is 0.488. The first kappa shape index (κ1) is 109. The van der Waals surface area contributed by atoms with Crippen LogP contribution >= 0.6 is 25.3 Å². The predicted molar refractivity (Wildman–Crippen MR) is 487 cm³/mol. The van der Waals surface area contributed by atoms with Gasteiger partial charge in [0.1, 0.15) is 84.9 Å². The molecule has 0 aliphatic carbocycles. The SMILES string of the molecule is CC(=O)N[C@@H](CS)C(=O)N[C@@H](CCC(N)=O)C(=O)N[C@H](C(=O)N[C@@H](Cc1c[nH]c2ccccc12)C(=O)N[C@@H](CCC(N)=O)C(=O)N[C@@H](CS)C(=O)N[C@@H](Cc1ccc(O)cc1)C(=O)N[C@@H](Cc1c[nH]c2ccccc12)C(=O)N[C@@H](CCCNC(=N)N)C(=O)N(C)[C@@H](CCCNC(=N)N)C(=O)N[C@@H](CC(N)=O)C(=O)NCC(=O)NCCOCC(=O)N[C@H](CCCCN)C(N)=O)[C@@H](C)O. The zero-order valence-corrected chi connectivity index (χ0v) is 74.9. The third-order valence-electron chi connectivity index (χ3n) is 20.4. The number of H-pyrrole nitrogens is 2. The van der Waals surface area contributed by atoms with Gasteiger partial charge in [-0.1, -0.05) is 48.5 Å². The quantitative estimate of drug-likeness (QED) is 0.00744. The normalized spacial score (nSPS) is 14.0. The molecule has 18 amide bonds. The highest BCUT2D eigenvalue weighted by molar-refractivity contribution is 7.80. The number of aliphatic hydroxyl groups excluding tert-OH is 1. The molecule has 13 atom stereocenters. The Bertz CT molecular complexity index is 4860. The van der Waals surface area contributed by atoms with Crippen molar-refractivity contribution in [2.24, 2.45) is 40.1 Å². The van der Waals surface area contributed by atoms with Crippen molar-refractivity contribution < 1.29 is 101 Å². The molecule has 722 valence electrons. The first-order chi connectivity index (χ1) is 62.6. The molecule has 0 fully saturated rings. The van der Waals surface area contributed by atoms with Crippen LogP contribution in [0.5, 0.6) is 5.75 Å². The molecule has 0 unspecified atom stereocenters. The predicted octanol–water partition coefficient (Wildman–Crippen LogP) is -8.40. The first-order valence-electron chi connectivity index (χ1n) is 42.1. The molecule has 0 radical (unpaired) electrons. The molecule has 2 heterocycles. The highest BCUT2D eigenvalue weighted by Gasteiger charge is 2.40. The fourth-order valence-corrected chi connectivity index (χ4v) is 14.0. The van der Waals surface area contributed by atoms with Gasteiger partial charge in [-0.2, -0.15) is 25.3 Å². The molecule has 2 aromatic heterocycles. The molecule has 48 nitrogen and oxygen atoms in total. The molecule has 0 saturated carbocycles. The lowest BCUT2D eigenvalue weighted by atomic mass is 10.0. The molecule has 0 bridgehead atoms. The van der Waals surface area contributed by atoms with Crippen molar-refractivity contribution in [3.63, 3.8) is 0 Å². The number of nitrogens with one attached hydrogen (secondary N) is 19. The lowest BCUT2D eigenvalue weighted by Gasteiger charge is -2.33. The van der Waals surface area contributed by atoms with E-state index in [1.165, 1.54) is 37.5 Å². The monoisotopic (exact) mass is 1880 g/mol. The van der Waals surface area contributed by atoms with E-state index in [2.05, 4.69) is 115 Å². The number of primary amides is 4. The number of aromatic amines is 2. The van der Waals surface area contributed by atoms with Crippen LogP contribution in [0.2, 0.25) is 0 Å². The molecule has 0 aliphatic rings. The van der Waals surface area contributed by atoms with Crippen molar-refractivity contribution >= 4 is 165 Å². The maximum atomic E-state index is 15.5. The second-order valence-electron chi connectivity index (χ2n) is 30.9. The third-order valence-corrected chi connectivity index (χ3v) is 21.2. The van der Waals surface area contributed by atoms with Crippen molar-refractivity contribution in [2.75, 3.05) is 64.5 Å². The number of nitrogens with two attached hydrogens (primary N) is 7. The second-order valence-corrected chi connectivity index (χ2v) is 31.6. The lowest BCUT2D eigenvalue weighted by Crippen LogP contribution is -2.62. The fourth-order valence-electron chi connectivity index (χ4n) is 13.5. The van der Waals surface area contributed by atoms with Gasteiger partial charge in [0.05, 0.1) is 25.7 Å². The summed E-state index contributed by atoms with van der Waals surface area (Å²) in [5, 5.41) is 75.6. The Morgan fingerprint density at radius 3 is 1.39 bits per heavy atom. The molecule has 3 aromatic carbocycles. The summed E-state index contributed by atoms with van der Waals surface area (Å²) in [6.07, 6.45) is -2.06. The Balaban J connectivity index is 1.47. The number of aromatic nitrogens is 2. The Morgan fingerprint density at radius 2 is 0.902 bits per heavy atom. The average molecular weight is 1890 g/mol. The van der Waals surface area contributed by atoms with Crippen LogP contribution in [0.4, 0.5) is 0 Å². The molecule has 0 spiro atoms. The highest BCUT2D eigenvalue weighted by atomic mass is 32.1. The Labute approximate surface area is 769 Å². The number of carbonyl (C=O) groups is 18. The van der Waals surface area contributed by atoms with Crippen molar-refractivity contribution in [1.29, 1.82) is 10.8 Å². The van der Waals surface area contributed by atoms with E-state index in [-0.39, 0.29) is 82.7 Å². The minimum atomic E-state index is -1.94. The number of benzene rings is 3. The van der Waals surface area contributed by atoms with E-state index in [4.69, 9.17) is 55.7 Å². The molecule has 0 aliphatic heterocycles. The number of hydrogen-bond donors (Lipinski definition) is 30. The van der Waals surface area contributed by atoms with Gasteiger partial charge in [0, 0.05) is 111 Å². The summed E-state index contributed by atoms with van der Waals surface area (Å²) in [6, 6.07) is -0.657. The summed E-state index contributed by atoms with van der Waals surface area (Å²) in [4.78, 5) is 255. The van der Waals surface area contributed by atoms with Crippen LogP contribution in [0.3, 0.4) is 0 Å². The van der Waals surface area contributed by atoms with Gasteiger partial charge in [0.15, 0.2) is 11.9 Å². The van der Waals surface area contributed by atoms with Crippen molar-refractivity contribution in [2.45, 2.75) is 189 Å². The van der Waals surface area contributed by atoms with Crippen molar-refractivity contribution in [1.82, 2.24) is 94.6 Å². The maximum Gasteiger partial charge on any atom is 0.246 e. The number of carbonyl (C=O) groups excluding carboxylic acids is 18. The number of phenolic OH excluding ortho intramolecular Hbond substituents is 1. The van der Waals surface area contributed by atoms with E-state index in [0.717, 1.165) is 18.7 Å². The minimum absolute atomic E-state index is 0.0199. The van der Waals surface area contributed by atoms with Gasteiger partial charge in [-0.15, -0.1) is 0 Å². The van der Waals surface area contributed by atoms with Gasteiger partial charge in [-0.25, -0.2) is 0 Å². The Morgan fingerprint density at radius 1 is 0.455 bits per heavy atom. The molecule has 132 heavy (non-hydrogen) atoms. The van der Waals surface area contributed by atoms with E-state index in [1.54, 1.807) is 54.7 Å². The molecule has 35 N–H and O–H groups in total. The number of nitrogens with zero attached hydrogens (tertiary/aromatic N) is 1. The summed E-state index contributed by atoms with van der Waals surface area (Å²) in [5.41, 5.74) is 40.9. The van der Waals surface area contributed by atoms with Crippen LogP contribution in [0, 0.1) is 10.8 Å². The van der Waals surface area contributed by atoms with Gasteiger partial charge in [0.25, 0.3) is 0 Å². The van der Waals surface area contributed by atoms with Crippen molar-refractivity contribution in [3.05, 3.63) is 102 Å². The van der Waals surface area contributed by atoms with E-state index in [1.807, 2.05) is 0 Å². The molecule has 50 heteroatoms. The summed E-state index contributed by atoms with van der Waals surface area (Å²) in [6.45, 7) is 0.822. The molecular weight excluding hydrogens is 1760 g/mol. The number of para-hydroxylation sites is 2. The topological polar surface area (TPSA) is 802 Å². The number of amides is 18. The van der Waals surface area contributed by atoms with Crippen LogP contribution in [0.25, 0.3) is 21.8 Å². The molecule has 5 aromatic rings. The average Bonchev–Trinajstić information content (AvgIpc) is 1.66. The zero-order valence-electron chi connectivity index (χ0n) is 73.1. The number of rotatable bonds is 60. The number of guanidine groups is 2. The number of likely N-dealkylation sites (N-methyl/N-ethyl adjacent to an activating group) is 1. The van der Waals surface area contributed by atoms with E-state index >= 15 is 14.4 Å². The van der Waals surface area contributed by atoms with Crippen LogP contribution < -0.4 is 120 Å². The number of phenols is 1. The summed E-state index contributed by atoms with van der Waals surface area (Å²) in [5.74, 6) is -19.8. The first-order valence-corrected chi connectivity index (χ1v) is 43.4. The van der Waals surface area contributed by atoms with Crippen LogP contribution in [-0.2, 0) is 110 Å². The van der Waals surface area contributed by atoms with Gasteiger partial charge in [-0.3, -0.25) is 97.1 Å². The van der Waals surface area contributed by atoms with Crippen LogP contribution in [-0.4, -0.2) is 286 Å². The van der Waals surface area contributed by atoms with Crippen LogP contribution in [0.1, 0.15) is 108 Å². The van der Waals surface area contributed by atoms with Gasteiger partial charge in [-0.05, 0) is 112 Å². The van der Waals surface area contributed by atoms with E-state index in [0.29, 0.717) is 57.9 Å². The van der Waals surface area contributed by atoms with E-state index < -0.39 is 254 Å². The smallest absolute Gasteiger partial charge is 0.246 e. The summed E-state index contributed by atoms with van der Waals surface area (Å²) < 4.78 is 5.30. The van der Waals surface area contributed by atoms with Gasteiger partial charge < -0.3 is 150 Å². The Kier molecular flexibility index (Phi) is 46.0.